The molecule has 0 amide bonds. The highest BCUT2D eigenvalue weighted by Gasteiger charge is 2.09. The highest BCUT2D eigenvalue weighted by atomic mass is 14.5. The molecular weight excluding hydrogens is 350 g/mol. The molecule has 0 aliphatic heterocycles. The summed E-state index contributed by atoms with van der Waals surface area (Å²) in [4.78, 5) is 0. The van der Waals surface area contributed by atoms with E-state index < -0.39 is 0 Å². The van der Waals surface area contributed by atoms with Crippen molar-refractivity contribution < 1.29 is 0 Å². The molecule has 176 valence electrons. The van der Waals surface area contributed by atoms with E-state index in [1.165, 1.54) is 141 Å². The van der Waals surface area contributed by atoms with E-state index in [2.05, 4.69) is 20.8 Å². The van der Waals surface area contributed by atoms with E-state index in [-0.39, 0.29) is 0 Å². The summed E-state index contributed by atoms with van der Waals surface area (Å²) in [5.74, 6) is 1.83. The molecule has 1 nitrogen and oxygen atoms in total. The maximum Gasteiger partial charge on any atom is -0.00746 e. The van der Waals surface area contributed by atoms with Gasteiger partial charge in [0.25, 0.3) is 0 Å². The highest BCUT2D eigenvalue weighted by Crippen LogP contribution is 2.24. The maximum absolute atomic E-state index is 5.89. The molecule has 0 heterocycles. The molecular formula is C28H59N. The van der Waals surface area contributed by atoms with Gasteiger partial charge in [-0.3, -0.25) is 0 Å². The molecule has 0 aliphatic rings. The number of hydrogen-bond donors (Lipinski definition) is 1. The SMILES string of the molecule is CCCCCCCCCCC(C)CCCC(CCN)CCCCCCCCCC. The van der Waals surface area contributed by atoms with Crippen LogP contribution in [0.1, 0.15) is 162 Å². The van der Waals surface area contributed by atoms with Crippen molar-refractivity contribution in [3.05, 3.63) is 0 Å². The molecule has 2 N–H and O–H groups in total. The largest absolute Gasteiger partial charge is 0.330 e. The lowest BCUT2D eigenvalue weighted by Crippen LogP contribution is -2.09. The zero-order chi connectivity index (χ0) is 21.4. The van der Waals surface area contributed by atoms with E-state index in [0.29, 0.717) is 0 Å². The van der Waals surface area contributed by atoms with Gasteiger partial charge in [0.15, 0.2) is 0 Å². The van der Waals surface area contributed by atoms with E-state index in [1.807, 2.05) is 0 Å². The van der Waals surface area contributed by atoms with Crippen molar-refractivity contribution in [1.82, 2.24) is 0 Å². The molecule has 0 bridgehead atoms. The van der Waals surface area contributed by atoms with Crippen LogP contribution in [0.15, 0.2) is 0 Å². The van der Waals surface area contributed by atoms with Gasteiger partial charge in [0.05, 0.1) is 0 Å². The Morgan fingerprint density at radius 2 is 0.828 bits per heavy atom. The second-order valence-electron chi connectivity index (χ2n) is 10.0. The highest BCUT2D eigenvalue weighted by molar-refractivity contribution is 4.63. The van der Waals surface area contributed by atoms with Crippen molar-refractivity contribution in [2.24, 2.45) is 17.6 Å². The molecule has 0 saturated carbocycles. The third-order valence-electron chi connectivity index (χ3n) is 6.90. The molecule has 0 spiro atoms. The fourth-order valence-corrected chi connectivity index (χ4v) is 4.76. The minimum Gasteiger partial charge on any atom is -0.330 e. The molecule has 2 atom stereocenters. The zero-order valence-corrected chi connectivity index (χ0v) is 21.0. The fourth-order valence-electron chi connectivity index (χ4n) is 4.76. The number of rotatable bonds is 24. The van der Waals surface area contributed by atoms with Crippen LogP contribution in [0, 0.1) is 11.8 Å². The summed E-state index contributed by atoms with van der Waals surface area (Å²) >= 11 is 0. The van der Waals surface area contributed by atoms with Crippen molar-refractivity contribution >= 4 is 0 Å². The lowest BCUT2D eigenvalue weighted by atomic mass is 9.89. The first-order valence-corrected chi connectivity index (χ1v) is 13.9. The average Bonchev–Trinajstić information content (AvgIpc) is 2.72. The molecule has 0 aromatic carbocycles. The topological polar surface area (TPSA) is 26.0 Å². The standard InChI is InChI=1S/C28H59N/c1-4-6-8-10-12-14-16-18-21-27(3)22-20-24-28(25-26-29)23-19-17-15-13-11-9-7-5-2/h27-28H,4-26,29H2,1-3H3. The van der Waals surface area contributed by atoms with Gasteiger partial charge in [-0.05, 0) is 24.8 Å². The Bertz CT molecular complexity index is 288. The molecule has 2 unspecified atom stereocenters. The first kappa shape index (κ1) is 29.0. The van der Waals surface area contributed by atoms with Crippen LogP contribution in [-0.2, 0) is 0 Å². The van der Waals surface area contributed by atoms with Crippen LogP contribution < -0.4 is 5.73 Å². The Kier molecular flexibility index (Phi) is 24.2. The average molecular weight is 410 g/mol. The van der Waals surface area contributed by atoms with Crippen LogP contribution in [-0.4, -0.2) is 6.54 Å². The van der Waals surface area contributed by atoms with Crippen LogP contribution in [0.3, 0.4) is 0 Å². The summed E-state index contributed by atoms with van der Waals surface area (Å²) in [6.07, 6.45) is 31.5. The van der Waals surface area contributed by atoms with E-state index >= 15 is 0 Å². The number of unbranched alkanes of at least 4 members (excludes halogenated alkanes) is 14. The van der Waals surface area contributed by atoms with Crippen molar-refractivity contribution in [3.8, 4) is 0 Å². The molecule has 0 aromatic heterocycles. The molecule has 0 aliphatic carbocycles. The predicted molar refractivity (Wildman–Crippen MR) is 135 cm³/mol. The van der Waals surface area contributed by atoms with Gasteiger partial charge in [-0.1, -0.05) is 156 Å². The monoisotopic (exact) mass is 409 g/mol. The van der Waals surface area contributed by atoms with Gasteiger partial charge < -0.3 is 5.73 Å². The Balaban J connectivity index is 3.56. The lowest BCUT2D eigenvalue weighted by molar-refractivity contribution is 0.361. The quantitative estimate of drug-likeness (QED) is 0.158. The van der Waals surface area contributed by atoms with E-state index in [1.54, 1.807) is 0 Å². The summed E-state index contributed by atoms with van der Waals surface area (Å²) in [6.45, 7) is 7.97. The van der Waals surface area contributed by atoms with E-state index in [9.17, 15) is 0 Å². The molecule has 0 rings (SSSR count). The molecule has 1 heteroatoms. The van der Waals surface area contributed by atoms with Crippen molar-refractivity contribution in [3.63, 3.8) is 0 Å². The normalized spacial score (nSPS) is 13.7. The smallest absolute Gasteiger partial charge is 0.00746 e. The van der Waals surface area contributed by atoms with Crippen molar-refractivity contribution in [2.75, 3.05) is 6.54 Å². The van der Waals surface area contributed by atoms with Gasteiger partial charge in [0.1, 0.15) is 0 Å². The number of nitrogens with two attached hydrogens (primary N) is 1. The lowest BCUT2D eigenvalue weighted by Gasteiger charge is -2.17. The first-order valence-electron chi connectivity index (χ1n) is 13.9. The van der Waals surface area contributed by atoms with Gasteiger partial charge in [0.2, 0.25) is 0 Å². The fraction of sp³-hybridized carbons (Fsp3) is 1.00. The van der Waals surface area contributed by atoms with Crippen LogP contribution in [0.4, 0.5) is 0 Å². The van der Waals surface area contributed by atoms with E-state index in [4.69, 9.17) is 5.73 Å². The summed E-state index contributed by atoms with van der Waals surface area (Å²) in [6, 6.07) is 0. The van der Waals surface area contributed by atoms with Crippen LogP contribution in [0.25, 0.3) is 0 Å². The van der Waals surface area contributed by atoms with Crippen molar-refractivity contribution in [1.29, 1.82) is 0 Å². The van der Waals surface area contributed by atoms with Gasteiger partial charge in [0, 0.05) is 0 Å². The Morgan fingerprint density at radius 1 is 0.448 bits per heavy atom. The summed E-state index contributed by atoms with van der Waals surface area (Å²) in [5.41, 5.74) is 5.89. The Hall–Kier alpha value is -0.0400. The van der Waals surface area contributed by atoms with Gasteiger partial charge >= 0.3 is 0 Å². The summed E-state index contributed by atoms with van der Waals surface area (Å²) < 4.78 is 0. The molecule has 0 aromatic rings. The second-order valence-corrected chi connectivity index (χ2v) is 10.0. The molecule has 0 saturated heterocycles. The number of hydrogen-bond acceptors (Lipinski definition) is 1. The van der Waals surface area contributed by atoms with Crippen molar-refractivity contribution in [2.45, 2.75) is 162 Å². The van der Waals surface area contributed by atoms with Gasteiger partial charge in [-0.25, -0.2) is 0 Å². The molecule has 0 radical (unpaired) electrons. The second kappa shape index (κ2) is 24.2. The van der Waals surface area contributed by atoms with Gasteiger partial charge in [-0.2, -0.15) is 0 Å². The summed E-state index contributed by atoms with van der Waals surface area (Å²) in [7, 11) is 0. The predicted octanol–water partition coefficient (Wildman–Crippen LogP) is 9.82. The van der Waals surface area contributed by atoms with E-state index in [0.717, 1.165) is 18.4 Å². The Labute approximate surface area is 186 Å². The maximum atomic E-state index is 5.89. The minimum absolute atomic E-state index is 0.884. The molecule has 29 heavy (non-hydrogen) atoms. The third kappa shape index (κ3) is 22.5. The van der Waals surface area contributed by atoms with Crippen LogP contribution >= 0.6 is 0 Å². The zero-order valence-electron chi connectivity index (χ0n) is 21.0. The van der Waals surface area contributed by atoms with Crippen LogP contribution in [0.2, 0.25) is 0 Å². The van der Waals surface area contributed by atoms with Crippen LogP contribution in [0.5, 0.6) is 0 Å². The molecule has 0 fully saturated rings. The third-order valence-corrected chi connectivity index (χ3v) is 6.90. The first-order chi connectivity index (χ1) is 14.2. The minimum atomic E-state index is 0.884. The Morgan fingerprint density at radius 3 is 1.31 bits per heavy atom. The van der Waals surface area contributed by atoms with Gasteiger partial charge in [-0.15, -0.1) is 0 Å². The summed E-state index contributed by atoms with van der Waals surface area (Å²) in [5, 5.41) is 0.